The standard InChI is InChI=1S/C11H9Br2ClN2S/c12-9-5-7(14)6-16-11(9)15-4-3-8-1-2-10(13)17-8/h1-2,5-6H,3-4H2,(H,15,16). The van der Waals surface area contributed by atoms with E-state index in [9.17, 15) is 0 Å². The van der Waals surface area contributed by atoms with E-state index in [1.807, 2.05) is 6.07 Å². The number of rotatable bonds is 4. The van der Waals surface area contributed by atoms with Gasteiger partial charge in [-0.1, -0.05) is 11.6 Å². The van der Waals surface area contributed by atoms with Crippen LogP contribution < -0.4 is 5.32 Å². The van der Waals surface area contributed by atoms with Crippen molar-refractivity contribution in [2.24, 2.45) is 0 Å². The summed E-state index contributed by atoms with van der Waals surface area (Å²) in [6.07, 6.45) is 2.61. The lowest BCUT2D eigenvalue weighted by Crippen LogP contribution is -2.05. The molecule has 2 heterocycles. The number of halogens is 3. The molecule has 17 heavy (non-hydrogen) atoms. The van der Waals surface area contributed by atoms with Gasteiger partial charge in [-0.15, -0.1) is 11.3 Å². The van der Waals surface area contributed by atoms with Crippen LogP contribution in [-0.2, 0) is 6.42 Å². The van der Waals surface area contributed by atoms with E-state index in [0.717, 1.165) is 23.3 Å². The molecule has 2 nitrogen and oxygen atoms in total. The molecule has 2 aromatic heterocycles. The Morgan fingerprint density at radius 2 is 2.18 bits per heavy atom. The summed E-state index contributed by atoms with van der Waals surface area (Å²) in [6, 6.07) is 6.02. The topological polar surface area (TPSA) is 24.9 Å². The molecular weight excluding hydrogens is 387 g/mol. The third-order valence-electron chi connectivity index (χ3n) is 2.10. The zero-order chi connectivity index (χ0) is 12.3. The van der Waals surface area contributed by atoms with Gasteiger partial charge in [0.25, 0.3) is 0 Å². The van der Waals surface area contributed by atoms with Crippen molar-refractivity contribution < 1.29 is 0 Å². The lowest BCUT2D eigenvalue weighted by Gasteiger charge is -2.06. The lowest BCUT2D eigenvalue weighted by molar-refractivity contribution is 1.03. The fraction of sp³-hybridized carbons (Fsp3) is 0.182. The number of pyridine rings is 1. The van der Waals surface area contributed by atoms with Gasteiger partial charge in [0.05, 0.1) is 13.3 Å². The number of nitrogens with zero attached hydrogens (tertiary/aromatic N) is 1. The van der Waals surface area contributed by atoms with E-state index in [2.05, 4.69) is 54.3 Å². The highest BCUT2D eigenvalue weighted by Crippen LogP contribution is 2.24. The van der Waals surface area contributed by atoms with Crippen LogP contribution in [0.4, 0.5) is 5.82 Å². The minimum Gasteiger partial charge on any atom is -0.369 e. The van der Waals surface area contributed by atoms with Crippen LogP contribution in [0, 0.1) is 0 Å². The van der Waals surface area contributed by atoms with Crippen molar-refractivity contribution in [3.8, 4) is 0 Å². The molecular formula is C11H9Br2ClN2S. The molecule has 0 saturated carbocycles. The highest BCUT2D eigenvalue weighted by molar-refractivity contribution is 9.11. The van der Waals surface area contributed by atoms with Gasteiger partial charge in [-0.3, -0.25) is 0 Å². The summed E-state index contributed by atoms with van der Waals surface area (Å²) >= 11 is 14.5. The van der Waals surface area contributed by atoms with Crippen LogP contribution >= 0.6 is 54.8 Å². The first kappa shape index (κ1) is 13.3. The van der Waals surface area contributed by atoms with Gasteiger partial charge in [0.2, 0.25) is 0 Å². The molecule has 0 saturated heterocycles. The average Bonchev–Trinajstić information content (AvgIpc) is 2.68. The van der Waals surface area contributed by atoms with Crippen molar-refractivity contribution in [3.05, 3.63) is 42.6 Å². The summed E-state index contributed by atoms with van der Waals surface area (Å²) in [5.41, 5.74) is 0. The predicted octanol–water partition coefficient (Wildman–Crippen LogP) is 4.98. The van der Waals surface area contributed by atoms with E-state index in [0.29, 0.717) is 5.02 Å². The maximum atomic E-state index is 5.83. The first-order valence-corrected chi connectivity index (χ1v) is 7.72. The smallest absolute Gasteiger partial charge is 0.140 e. The van der Waals surface area contributed by atoms with Gasteiger partial charge in [0, 0.05) is 17.6 Å². The largest absolute Gasteiger partial charge is 0.369 e. The SMILES string of the molecule is Clc1cnc(NCCc2ccc(Br)s2)c(Br)c1. The fourth-order valence-electron chi connectivity index (χ4n) is 1.33. The Labute approximate surface area is 126 Å². The molecule has 0 bridgehead atoms. The summed E-state index contributed by atoms with van der Waals surface area (Å²) in [6.45, 7) is 0.847. The first-order chi connectivity index (χ1) is 8.15. The number of nitrogens with one attached hydrogen (secondary N) is 1. The van der Waals surface area contributed by atoms with Crippen molar-refractivity contribution in [2.45, 2.75) is 6.42 Å². The zero-order valence-corrected chi connectivity index (χ0v) is 13.5. The molecule has 0 aliphatic rings. The van der Waals surface area contributed by atoms with E-state index < -0.39 is 0 Å². The lowest BCUT2D eigenvalue weighted by atomic mass is 10.3. The summed E-state index contributed by atoms with van der Waals surface area (Å²) in [4.78, 5) is 5.56. The van der Waals surface area contributed by atoms with Crippen LogP contribution in [0.1, 0.15) is 4.88 Å². The van der Waals surface area contributed by atoms with Gasteiger partial charge < -0.3 is 5.32 Å². The van der Waals surface area contributed by atoms with Crippen LogP contribution in [0.25, 0.3) is 0 Å². The molecule has 0 atom stereocenters. The number of thiophene rings is 1. The Hall–Kier alpha value is -0.100. The summed E-state index contributed by atoms with van der Waals surface area (Å²) in [5, 5.41) is 3.90. The number of anilines is 1. The van der Waals surface area contributed by atoms with Gasteiger partial charge in [0.15, 0.2) is 0 Å². The number of aromatic nitrogens is 1. The van der Waals surface area contributed by atoms with Crippen LogP contribution in [0.2, 0.25) is 5.02 Å². The van der Waals surface area contributed by atoms with Gasteiger partial charge in [-0.25, -0.2) is 4.98 Å². The van der Waals surface area contributed by atoms with Crippen LogP contribution in [0.5, 0.6) is 0 Å². The van der Waals surface area contributed by atoms with Crippen molar-refractivity contribution >= 4 is 60.6 Å². The normalized spacial score (nSPS) is 10.5. The summed E-state index contributed by atoms with van der Waals surface area (Å²) in [5.74, 6) is 0.824. The van der Waals surface area contributed by atoms with Crippen LogP contribution in [0.15, 0.2) is 32.7 Å². The molecule has 0 radical (unpaired) electrons. The molecule has 0 aliphatic carbocycles. The minimum absolute atomic E-state index is 0.629. The van der Waals surface area contributed by atoms with Gasteiger partial charge in [-0.05, 0) is 56.5 Å². The maximum Gasteiger partial charge on any atom is 0.140 e. The second kappa shape index (κ2) is 6.18. The molecule has 0 unspecified atom stereocenters. The Morgan fingerprint density at radius 3 is 2.82 bits per heavy atom. The van der Waals surface area contributed by atoms with Gasteiger partial charge >= 0.3 is 0 Å². The monoisotopic (exact) mass is 394 g/mol. The Bertz CT molecular complexity index is 516. The van der Waals surface area contributed by atoms with E-state index in [-0.39, 0.29) is 0 Å². The molecule has 0 aromatic carbocycles. The van der Waals surface area contributed by atoms with Crippen molar-refractivity contribution in [1.82, 2.24) is 4.98 Å². The molecule has 2 aromatic rings. The Morgan fingerprint density at radius 1 is 1.35 bits per heavy atom. The molecule has 0 aliphatic heterocycles. The predicted molar refractivity (Wildman–Crippen MR) is 81.2 cm³/mol. The second-order valence-corrected chi connectivity index (χ2v) is 7.20. The van der Waals surface area contributed by atoms with Crippen LogP contribution in [-0.4, -0.2) is 11.5 Å². The van der Waals surface area contributed by atoms with Crippen LogP contribution in [0.3, 0.4) is 0 Å². The highest BCUT2D eigenvalue weighted by Gasteiger charge is 2.02. The van der Waals surface area contributed by atoms with Crippen molar-refractivity contribution in [2.75, 3.05) is 11.9 Å². The Balaban J connectivity index is 1.90. The summed E-state index contributed by atoms with van der Waals surface area (Å²) in [7, 11) is 0. The molecule has 1 N–H and O–H groups in total. The van der Waals surface area contributed by atoms with E-state index in [1.165, 1.54) is 8.66 Å². The third kappa shape index (κ3) is 3.95. The van der Waals surface area contributed by atoms with E-state index in [4.69, 9.17) is 11.6 Å². The Kier molecular flexibility index (Phi) is 4.85. The summed E-state index contributed by atoms with van der Waals surface area (Å²) < 4.78 is 2.05. The second-order valence-electron chi connectivity index (χ2n) is 3.37. The molecule has 0 fully saturated rings. The molecule has 90 valence electrons. The maximum absolute atomic E-state index is 5.83. The van der Waals surface area contributed by atoms with Gasteiger partial charge in [-0.2, -0.15) is 0 Å². The highest BCUT2D eigenvalue weighted by atomic mass is 79.9. The minimum atomic E-state index is 0.629. The van der Waals surface area contributed by atoms with Crippen molar-refractivity contribution in [3.63, 3.8) is 0 Å². The quantitative estimate of drug-likeness (QED) is 0.789. The number of hydrogen-bond donors (Lipinski definition) is 1. The molecule has 0 spiro atoms. The molecule has 6 heteroatoms. The molecule has 0 amide bonds. The van der Waals surface area contributed by atoms with Gasteiger partial charge in [0.1, 0.15) is 5.82 Å². The van der Waals surface area contributed by atoms with E-state index >= 15 is 0 Å². The zero-order valence-electron chi connectivity index (χ0n) is 8.71. The van der Waals surface area contributed by atoms with E-state index in [1.54, 1.807) is 17.5 Å². The number of hydrogen-bond acceptors (Lipinski definition) is 3. The van der Waals surface area contributed by atoms with Crippen molar-refractivity contribution in [1.29, 1.82) is 0 Å². The molecule has 2 rings (SSSR count). The fourth-order valence-corrected chi connectivity index (χ4v) is 3.60. The average molecular weight is 397 g/mol. The first-order valence-electron chi connectivity index (χ1n) is 4.94. The third-order valence-corrected chi connectivity index (χ3v) is 4.60.